The van der Waals surface area contributed by atoms with Crippen molar-refractivity contribution in [3.8, 4) is 0 Å². The number of nitrogens with one attached hydrogen (secondary N) is 1. The molecule has 2 N–H and O–H groups in total. The monoisotopic (exact) mass is 263 g/mol. The SMILES string of the molecule is C=CCOC(=O)NCCc1cc(C(=O)O)ccc1C. The predicted molar refractivity (Wildman–Crippen MR) is 71.4 cm³/mol. The Hall–Kier alpha value is -2.30. The number of hydrogen-bond donors (Lipinski definition) is 2. The van der Waals surface area contributed by atoms with E-state index < -0.39 is 12.1 Å². The molecule has 0 radical (unpaired) electrons. The average Bonchev–Trinajstić information content (AvgIpc) is 2.38. The molecule has 0 saturated heterocycles. The van der Waals surface area contributed by atoms with Gasteiger partial charge in [0.15, 0.2) is 0 Å². The minimum Gasteiger partial charge on any atom is -0.478 e. The fourth-order valence-corrected chi connectivity index (χ4v) is 1.56. The van der Waals surface area contributed by atoms with Crippen molar-refractivity contribution < 1.29 is 19.4 Å². The maximum Gasteiger partial charge on any atom is 0.407 e. The van der Waals surface area contributed by atoms with Crippen LogP contribution in [-0.2, 0) is 11.2 Å². The lowest BCUT2D eigenvalue weighted by Gasteiger charge is -2.08. The van der Waals surface area contributed by atoms with Gasteiger partial charge in [-0.25, -0.2) is 9.59 Å². The third kappa shape index (κ3) is 4.83. The van der Waals surface area contributed by atoms with Gasteiger partial charge in [-0.05, 0) is 36.6 Å². The van der Waals surface area contributed by atoms with E-state index in [9.17, 15) is 9.59 Å². The Morgan fingerprint density at radius 3 is 2.84 bits per heavy atom. The van der Waals surface area contributed by atoms with Crippen molar-refractivity contribution in [2.45, 2.75) is 13.3 Å². The van der Waals surface area contributed by atoms with Crippen molar-refractivity contribution in [1.29, 1.82) is 0 Å². The number of carboxylic acids is 1. The lowest BCUT2D eigenvalue weighted by molar-refractivity contribution is 0.0696. The molecule has 0 bridgehead atoms. The quantitative estimate of drug-likeness (QED) is 0.771. The van der Waals surface area contributed by atoms with Gasteiger partial charge in [0, 0.05) is 6.54 Å². The van der Waals surface area contributed by atoms with Gasteiger partial charge in [-0.2, -0.15) is 0 Å². The summed E-state index contributed by atoms with van der Waals surface area (Å²) >= 11 is 0. The van der Waals surface area contributed by atoms with Crippen molar-refractivity contribution in [1.82, 2.24) is 5.32 Å². The second kappa shape index (κ2) is 7.20. The highest BCUT2D eigenvalue weighted by Gasteiger charge is 2.07. The summed E-state index contributed by atoms with van der Waals surface area (Å²) in [6.07, 6.45) is 1.53. The number of rotatable bonds is 6. The Bertz CT molecular complexity index is 482. The fraction of sp³-hybridized carbons (Fsp3) is 0.286. The molecule has 5 heteroatoms. The first-order chi connectivity index (χ1) is 9.04. The van der Waals surface area contributed by atoms with Gasteiger partial charge in [0.2, 0.25) is 0 Å². The number of benzene rings is 1. The highest BCUT2D eigenvalue weighted by atomic mass is 16.5. The molecule has 0 unspecified atom stereocenters. The molecule has 1 amide bonds. The normalized spacial score (nSPS) is 9.74. The van der Waals surface area contributed by atoms with Crippen LogP contribution in [0.25, 0.3) is 0 Å². The van der Waals surface area contributed by atoms with Gasteiger partial charge >= 0.3 is 12.1 Å². The van der Waals surface area contributed by atoms with Crippen LogP contribution >= 0.6 is 0 Å². The van der Waals surface area contributed by atoms with Crippen LogP contribution in [0.15, 0.2) is 30.9 Å². The van der Waals surface area contributed by atoms with Crippen LogP contribution in [0.3, 0.4) is 0 Å². The number of aryl methyl sites for hydroxylation is 1. The summed E-state index contributed by atoms with van der Waals surface area (Å²) in [5.41, 5.74) is 2.13. The van der Waals surface area contributed by atoms with E-state index in [1.54, 1.807) is 18.2 Å². The predicted octanol–water partition coefficient (Wildman–Crippen LogP) is 2.15. The van der Waals surface area contributed by atoms with Gasteiger partial charge < -0.3 is 15.2 Å². The van der Waals surface area contributed by atoms with E-state index in [1.807, 2.05) is 6.92 Å². The highest BCUT2D eigenvalue weighted by Crippen LogP contribution is 2.11. The van der Waals surface area contributed by atoms with E-state index in [0.717, 1.165) is 11.1 Å². The zero-order chi connectivity index (χ0) is 14.3. The fourth-order valence-electron chi connectivity index (χ4n) is 1.56. The zero-order valence-corrected chi connectivity index (χ0v) is 10.8. The van der Waals surface area contributed by atoms with Crippen LogP contribution in [0.4, 0.5) is 4.79 Å². The van der Waals surface area contributed by atoms with Gasteiger partial charge in [0.1, 0.15) is 6.61 Å². The van der Waals surface area contributed by atoms with Gasteiger partial charge in [-0.15, -0.1) is 0 Å². The molecule has 0 aliphatic rings. The van der Waals surface area contributed by atoms with E-state index in [4.69, 9.17) is 9.84 Å². The molecule has 0 saturated carbocycles. The third-order valence-corrected chi connectivity index (χ3v) is 2.59. The zero-order valence-electron chi connectivity index (χ0n) is 10.8. The number of alkyl carbamates (subject to hydrolysis) is 1. The largest absolute Gasteiger partial charge is 0.478 e. The summed E-state index contributed by atoms with van der Waals surface area (Å²) in [6.45, 7) is 5.89. The Morgan fingerprint density at radius 1 is 1.47 bits per heavy atom. The molecule has 5 nitrogen and oxygen atoms in total. The summed E-state index contributed by atoms with van der Waals surface area (Å²) in [5.74, 6) is -0.959. The van der Waals surface area contributed by atoms with Crippen LogP contribution in [0.1, 0.15) is 21.5 Å². The standard InChI is InChI=1S/C14H17NO4/c1-3-8-19-14(18)15-7-6-11-9-12(13(16)17)5-4-10(11)2/h3-5,9H,1,6-8H2,2H3,(H,15,18)(H,16,17). The molecule has 0 atom stereocenters. The first-order valence-corrected chi connectivity index (χ1v) is 5.89. The van der Waals surface area contributed by atoms with E-state index in [2.05, 4.69) is 11.9 Å². The van der Waals surface area contributed by atoms with E-state index in [0.29, 0.717) is 13.0 Å². The molecular formula is C14H17NO4. The first kappa shape index (κ1) is 14.8. The second-order valence-corrected chi connectivity index (χ2v) is 4.01. The smallest absolute Gasteiger partial charge is 0.407 e. The summed E-state index contributed by atoms with van der Waals surface area (Å²) in [4.78, 5) is 22.0. The van der Waals surface area contributed by atoms with Crippen molar-refractivity contribution in [3.63, 3.8) is 0 Å². The lowest BCUT2D eigenvalue weighted by atomic mass is 10.0. The number of aromatic carboxylic acids is 1. The number of hydrogen-bond acceptors (Lipinski definition) is 3. The number of ether oxygens (including phenoxy) is 1. The molecule has 102 valence electrons. The second-order valence-electron chi connectivity index (χ2n) is 4.01. The molecule has 0 fully saturated rings. The molecular weight excluding hydrogens is 246 g/mol. The highest BCUT2D eigenvalue weighted by molar-refractivity contribution is 5.87. The molecule has 0 spiro atoms. The maximum absolute atomic E-state index is 11.2. The van der Waals surface area contributed by atoms with Crippen LogP contribution < -0.4 is 5.32 Å². The van der Waals surface area contributed by atoms with Gasteiger partial charge in [0.25, 0.3) is 0 Å². The minimum atomic E-state index is -0.959. The molecule has 19 heavy (non-hydrogen) atoms. The maximum atomic E-state index is 11.2. The summed E-state index contributed by atoms with van der Waals surface area (Å²) < 4.78 is 4.76. The van der Waals surface area contributed by atoms with E-state index >= 15 is 0 Å². The molecule has 1 aromatic carbocycles. The minimum absolute atomic E-state index is 0.166. The Balaban J connectivity index is 2.53. The average molecular weight is 263 g/mol. The molecule has 1 rings (SSSR count). The Labute approximate surface area is 111 Å². The van der Waals surface area contributed by atoms with Crippen LogP contribution in [-0.4, -0.2) is 30.3 Å². The summed E-state index contributed by atoms with van der Waals surface area (Å²) in [7, 11) is 0. The summed E-state index contributed by atoms with van der Waals surface area (Å²) in [6, 6.07) is 4.94. The van der Waals surface area contributed by atoms with Crippen LogP contribution in [0.2, 0.25) is 0 Å². The van der Waals surface area contributed by atoms with Crippen molar-refractivity contribution in [2.24, 2.45) is 0 Å². The Morgan fingerprint density at radius 2 is 2.21 bits per heavy atom. The van der Waals surface area contributed by atoms with Crippen molar-refractivity contribution in [3.05, 3.63) is 47.5 Å². The number of carbonyl (C=O) groups is 2. The van der Waals surface area contributed by atoms with Gasteiger partial charge in [0.05, 0.1) is 5.56 Å². The van der Waals surface area contributed by atoms with Gasteiger partial charge in [-0.1, -0.05) is 18.7 Å². The van der Waals surface area contributed by atoms with Crippen molar-refractivity contribution >= 4 is 12.1 Å². The molecule has 0 heterocycles. The number of carbonyl (C=O) groups excluding carboxylic acids is 1. The van der Waals surface area contributed by atoms with Crippen LogP contribution in [0.5, 0.6) is 0 Å². The third-order valence-electron chi connectivity index (χ3n) is 2.59. The Kier molecular flexibility index (Phi) is 5.60. The van der Waals surface area contributed by atoms with E-state index in [1.165, 1.54) is 6.08 Å². The topological polar surface area (TPSA) is 75.6 Å². The van der Waals surface area contributed by atoms with Crippen molar-refractivity contribution in [2.75, 3.05) is 13.2 Å². The number of carboxylic acid groups (broad SMARTS) is 1. The molecule has 0 aliphatic heterocycles. The summed E-state index contributed by atoms with van der Waals surface area (Å²) in [5, 5.41) is 11.5. The van der Waals surface area contributed by atoms with Crippen LogP contribution in [0, 0.1) is 6.92 Å². The first-order valence-electron chi connectivity index (χ1n) is 5.89. The lowest BCUT2D eigenvalue weighted by Crippen LogP contribution is -2.26. The van der Waals surface area contributed by atoms with E-state index in [-0.39, 0.29) is 12.2 Å². The van der Waals surface area contributed by atoms with Gasteiger partial charge in [-0.3, -0.25) is 0 Å². The molecule has 1 aromatic rings. The number of amides is 1. The molecule has 0 aliphatic carbocycles. The molecule has 0 aromatic heterocycles.